The third kappa shape index (κ3) is 4.13. The van der Waals surface area contributed by atoms with Gasteiger partial charge in [0, 0.05) is 22.8 Å². The molecule has 7 nitrogen and oxygen atoms in total. The fourth-order valence-corrected chi connectivity index (χ4v) is 1.90. The van der Waals surface area contributed by atoms with E-state index in [-0.39, 0.29) is 5.69 Å². The zero-order valence-electron chi connectivity index (χ0n) is 12.6. The number of methoxy groups -OCH3 is 1. The maximum Gasteiger partial charge on any atom is 0.272 e. The van der Waals surface area contributed by atoms with Gasteiger partial charge < -0.3 is 4.74 Å². The highest BCUT2D eigenvalue weighted by molar-refractivity contribution is 5.95. The molecule has 0 radical (unpaired) electrons. The molecule has 0 heterocycles. The van der Waals surface area contributed by atoms with Crippen molar-refractivity contribution >= 4 is 17.8 Å². The number of nitro groups is 1. The molecule has 1 N–H and O–H groups in total. The highest BCUT2D eigenvalue weighted by Gasteiger charge is 2.10. The summed E-state index contributed by atoms with van der Waals surface area (Å²) in [5, 5.41) is 14.7. The second-order valence-corrected chi connectivity index (χ2v) is 4.73. The Morgan fingerprint density at radius 2 is 2.09 bits per heavy atom. The molecule has 1 amide bonds. The first-order valence-electron chi connectivity index (χ1n) is 6.74. The molecule has 23 heavy (non-hydrogen) atoms. The van der Waals surface area contributed by atoms with Crippen LogP contribution in [-0.4, -0.2) is 24.2 Å². The molecule has 0 atom stereocenters. The lowest BCUT2D eigenvalue weighted by molar-refractivity contribution is -0.385. The number of amides is 1. The molecule has 0 spiro atoms. The number of ether oxygens (including phenoxy) is 1. The molecule has 0 unspecified atom stereocenters. The largest absolute Gasteiger partial charge is 0.497 e. The maximum atomic E-state index is 11.9. The SMILES string of the molecule is COc1cccc(C(=O)NN=Cc2ccc(C)c([N+](=O)[O-])c2)c1. The highest BCUT2D eigenvalue weighted by atomic mass is 16.6. The van der Waals surface area contributed by atoms with Crippen LogP contribution in [0.2, 0.25) is 0 Å². The van der Waals surface area contributed by atoms with Crippen molar-refractivity contribution in [2.75, 3.05) is 7.11 Å². The number of nitrogens with zero attached hydrogens (tertiary/aromatic N) is 2. The number of nitrogens with one attached hydrogen (secondary N) is 1. The van der Waals surface area contributed by atoms with Crippen molar-refractivity contribution < 1.29 is 14.5 Å². The highest BCUT2D eigenvalue weighted by Crippen LogP contribution is 2.18. The number of nitro benzene ring substituents is 1. The predicted molar refractivity (Wildman–Crippen MR) is 85.9 cm³/mol. The van der Waals surface area contributed by atoms with E-state index in [1.165, 1.54) is 19.4 Å². The fraction of sp³-hybridized carbons (Fsp3) is 0.125. The topological polar surface area (TPSA) is 93.8 Å². The molecular weight excluding hydrogens is 298 g/mol. The minimum Gasteiger partial charge on any atom is -0.497 e. The summed E-state index contributed by atoms with van der Waals surface area (Å²) in [5.41, 5.74) is 3.86. The minimum absolute atomic E-state index is 0.00747. The molecule has 0 saturated heterocycles. The summed E-state index contributed by atoms with van der Waals surface area (Å²) in [6.07, 6.45) is 1.35. The van der Waals surface area contributed by atoms with Crippen LogP contribution in [0.15, 0.2) is 47.6 Å². The van der Waals surface area contributed by atoms with Gasteiger partial charge >= 0.3 is 0 Å². The first-order chi connectivity index (χ1) is 11.0. The Labute approximate surface area is 132 Å². The molecule has 118 valence electrons. The number of aryl methyl sites for hydroxylation is 1. The van der Waals surface area contributed by atoms with E-state index in [9.17, 15) is 14.9 Å². The van der Waals surface area contributed by atoms with Crippen molar-refractivity contribution in [3.63, 3.8) is 0 Å². The van der Waals surface area contributed by atoms with Gasteiger partial charge in [0.2, 0.25) is 0 Å². The second-order valence-electron chi connectivity index (χ2n) is 4.73. The summed E-state index contributed by atoms with van der Waals surface area (Å²) in [7, 11) is 1.51. The van der Waals surface area contributed by atoms with E-state index in [2.05, 4.69) is 10.5 Å². The van der Waals surface area contributed by atoms with Gasteiger partial charge in [0.05, 0.1) is 18.2 Å². The van der Waals surface area contributed by atoms with E-state index in [1.807, 2.05) is 0 Å². The van der Waals surface area contributed by atoms with Crippen LogP contribution in [0.25, 0.3) is 0 Å². The number of hydrogen-bond donors (Lipinski definition) is 1. The van der Waals surface area contributed by atoms with Gasteiger partial charge in [-0.2, -0.15) is 5.10 Å². The summed E-state index contributed by atoms with van der Waals surface area (Å²) in [5.74, 6) is 0.164. The zero-order valence-corrected chi connectivity index (χ0v) is 12.6. The van der Waals surface area contributed by atoms with Crippen LogP contribution in [0.3, 0.4) is 0 Å². The molecule has 0 aliphatic rings. The lowest BCUT2D eigenvalue weighted by Gasteiger charge is -2.03. The van der Waals surface area contributed by atoms with Gasteiger partial charge in [0.15, 0.2) is 0 Å². The smallest absolute Gasteiger partial charge is 0.272 e. The molecule has 2 rings (SSSR count). The van der Waals surface area contributed by atoms with E-state index >= 15 is 0 Å². The molecule has 2 aromatic carbocycles. The molecule has 2 aromatic rings. The number of carbonyl (C=O) groups excluding carboxylic acids is 1. The van der Waals surface area contributed by atoms with E-state index < -0.39 is 10.8 Å². The average Bonchev–Trinajstić information content (AvgIpc) is 2.56. The molecule has 0 aliphatic carbocycles. The summed E-state index contributed by atoms with van der Waals surface area (Å²) >= 11 is 0. The normalized spacial score (nSPS) is 10.5. The van der Waals surface area contributed by atoms with Crippen LogP contribution < -0.4 is 10.2 Å². The van der Waals surface area contributed by atoms with Gasteiger partial charge in [-0.1, -0.05) is 18.2 Å². The Kier molecular flexibility index (Phi) is 5.03. The van der Waals surface area contributed by atoms with Crippen LogP contribution in [0.4, 0.5) is 5.69 Å². The van der Waals surface area contributed by atoms with E-state index in [0.717, 1.165) is 0 Å². The quantitative estimate of drug-likeness (QED) is 0.521. The van der Waals surface area contributed by atoms with Crippen molar-refractivity contribution in [1.82, 2.24) is 5.43 Å². The monoisotopic (exact) mass is 313 g/mol. The van der Waals surface area contributed by atoms with Gasteiger partial charge in [-0.05, 0) is 25.1 Å². The number of rotatable bonds is 5. The van der Waals surface area contributed by atoms with Crippen LogP contribution in [0.5, 0.6) is 5.75 Å². The van der Waals surface area contributed by atoms with E-state index in [1.54, 1.807) is 43.3 Å². The van der Waals surface area contributed by atoms with Crippen LogP contribution in [0, 0.1) is 17.0 Å². The third-order valence-corrected chi connectivity index (χ3v) is 3.14. The molecule has 0 aliphatic heterocycles. The Balaban J connectivity index is 2.08. The van der Waals surface area contributed by atoms with Gasteiger partial charge in [-0.15, -0.1) is 0 Å². The minimum atomic E-state index is -0.457. The molecule has 0 saturated carbocycles. The zero-order chi connectivity index (χ0) is 16.8. The summed E-state index contributed by atoms with van der Waals surface area (Å²) in [6.45, 7) is 1.66. The number of benzene rings is 2. The maximum absolute atomic E-state index is 11.9. The molecule has 0 fully saturated rings. The fourth-order valence-electron chi connectivity index (χ4n) is 1.90. The van der Waals surface area contributed by atoms with Crippen molar-refractivity contribution in [2.24, 2.45) is 5.10 Å². The van der Waals surface area contributed by atoms with Crippen molar-refractivity contribution in [3.8, 4) is 5.75 Å². The molecule has 0 aromatic heterocycles. The summed E-state index contributed by atoms with van der Waals surface area (Å²) in [6, 6.07) is 11.3. The van der Waals surface area contributed by atoms with Crippen molar-refractivity contribution in [1.29, 1.82) is 0 Å². The molecule has 0 bridgehead atoms. The summed E-state index contributed by atoms with van der Waals surface area (Å²) in [4.78, 5) is 22.4. The van der Waals surface area contributed by atoms with Crippen LogP contribution in [0.1, 0.15) is 21.5 Å². The van der Waals surface area contributed by atoms with Crippen LogP contribution in [-0.2, 0) is 0 Å². The molecule has 7 heteroatoms. The lowest BCUT2D eigenvalue weighted by Crippen LogP contribution is -2.17. The standard InChI is InChI=1S/C16H15N3O4/c1-11-6-7-12(8-15(11)19(21)22)10-17-18-16(20)13-4-3-5-14(9-13)23-2/h3-10H,1-2H3,(H,18,20). The number of hydrazone groups is 1. The van der Waals surface area contributed by atoms with Gasteiger partial charge in [-0.3, -0.25) is 14.9 Å². The van der Waals surface area contributed by atoms with E-state index in [0.29, 0.717) is 22.4 Å². The Morgan fingerprint density at radius 3 is 2.78 bits per heavy atom. The molecular formula is C16H15N3O4. The third-order valence-electron chi connectivity index (χ3n) is 3.14. The Hall–Kier alpha value is -3.22. The predicted octanol–water partition coefficient (Wildman–Crippen LogP) is 2.68. The average molecular weight is 313 g/mol. The van der Waals surface area contributed by atoms with E-state index in [4.69, 9.17) is 4.74 Å². The Morgan fingerprint density at radius 1 is 1.30 bits per heavy atom. The first kappa shape index (κ1) is 16.2. The number of carbonyl (C=O) groups is 1. The number of hydrogen-bond acceptors (Lipinski definition) is 5. The second kappa shape index (κ2) is 7.17. The lowest BCUT2D eigenvalue weighted by atomic mass is 10.1. The van der Waals surface area contributed by atoms with Gasteiger partial charge in [0.1, 0.15) is 5.75 Å². The van der Waals surface area contributed by atoms with Crippen LogP contribution >= 0.6 is 0 Å². The van der Waals surface area contributed by atoms with Gasteiger partial charge in [-0.25, -0.2) is 5.43 Å². The van der Waals surface area contributed by atoms with Gasteiger partial charge in [0.25, 0.3) is 11.6 Å². The summed E-state index contributed by atoms with van der Waals surface area (Å²) < 4.78 is 5.04. The van der Waals surface area contributed by atoms with Crippen molar-refractivity contribution in [2.45, 2.75) is 6.92 Å². The first-order valence-corrected chi connectivity index (χ1v) is 6.74. The Bertz CT molecular complexity index is 772. The van der Waals surface area contributed by atoms with Crippen molar-refractivity contribution in [3.05, 3.63) is 69.3 Å².